The Hall–Kier alpha value is -0.650. The van der Waals surface area contributed by atoms with Crippen LogP contribution in [0.15, 0.2) is 24.3 Å². The molecular formula is C16H24ClNO3. The predicted octanol–water partition coefficient (Wildman–Crippen LogP) is 2.81. The number of methoxy groups -OCH3 is 1. The van der Waals surface area contributed by atoms with Gasteiger partial charge >= 0.3 is 0 Å². The molecule has 0 aliphatic heterocycles. The summed E-state index contributed by atoms with van der Waals surface area (Å²) in [5, 5.41) is 4.25. The van der Waals surface area contributed by atoms with E-state index >= 15 is 0 Å². The largest absolute Gasteiger partial charge is 0.382 e. The maximum atomic E-state index is 6.07. The van der Waals surface area contributed by atoms with Gasteiger partial charge in [0.1, 0.15) is 0 Å². The fourth-order valence-electron chi connectivity index (χ4n) is 2.03. The van der Waals surface area contributed by atoms with Crippen LogP contribution < -0.4 is 5.32 Å². The molecule has 2 rings (SSSR count). The maximum Gasteiger partial charge on any atom is 0.0950 e. The number of rotatable bonds is 11. The molecule has 21 heavy (non-hydrogen) atoms. The first kappa shape index (κ1) is 16.7. The molecule has 1 atom stereocenters. The highest BCUT2D eigenvalue weighted by Gasteiger charge is 2.22. The molecule has 0 radical (unpaired) electrons. The summed E-state index contributed by atoms with van der Waals surface area (Å²) in [6.07, 6.45) is 2.54. The number of hydrogen-bond acceptors (Lipinski definition) is 4. The van der Waals surface area contributed by atoms with Crippen LogP contribution in [0.5, 0.6) is 0 Å². The molecule has 0 aromatic heterocycles. The summed E-state index contributed by atoms with van der Waals surface area (Å²) < 4.78 is 16.3. The smallest absolute Gasteiger partial charge is 0.0950 e. The number of ether oxygens (including phenoxy) is 3. The van der Waals surface area contributed by atoms with Crippen LogP contribution in [0.1, 0.15) is 24.5 Å². The Morgan fingerprint density at radius 3 is 2.76 bits per heavy atom. The van der Waals surface area contributed by atoms with Crippen molar-refractivity contribution in [1.82, 2.24) is 5.32 Å². The normalized spacial score (nSPS) is 16.1. The van der Waals surface area contributed by atoms with E-state index in [2.05, 4.69) is 11.4 Å². The van der Waals surface area contributed by atoms with Crippen molar-refractivity contribution < 1.29 is 14.2 Å². The summed E-state index contributed by atoms with van der Waals surface area (Å²) >= 11 is 6.07. The van der Waals surface area contributed by atoms with Gasteiger partial charge < -0.3 is 19.5 Å². The van der Waals surface area contributed by atoms with Crippen LogP contribution in [-0.4, -0.2) is 46.1 Å². The van der Waals surface area contributed by atoms with E-state index in [-0.39, 0.29) is 6.10 Å². The average Bonchev–Trinajstić information content (AvgIpc) is 3.30. The zero-order chi connectivity index (χ0) is 14.9. The maximum absolute atomic E-state index is 6.07. The third-order valence-electron chi connectivity index (χ3n) is 3.37. The van der Waals surface area contributed by atoms with E-state index in [4.69, 9.17) is 25.8 Å². The summed E-state index contributed by atoms with van der Waals surface area (Å²) in [6, 6.07) is 8.52. The minimum absolute atomic E-state index is 0.00956. The second-order valence-electron chi connectivity index (χ2n) is 5.20. The van der Waals surface area contributed by atoms with Crippen LogP contribution >= 0.6 is 11.6 Å². The van der Waals surface area contributed by atoms with Crippen LogP contribution in [0.4, 0.5) is 0 Å². The molecule has 1 aromatic rings. The fraction of sp³-hybridized carbons (Fsp3) is 0.625. The lowest BCUT2D eigenvalue weighted by molar-refractivity contribution is -0.00697. The first-order valence-electron chi connectivity index (χ1n) is 7.46. The number of halogens is 1. The minimum atomic E-state index is 0.00956. The lowest BCUT2D eigenvalue weighted by Gasteiger charge is -2.19. The van der Waals surface area contributed by atoms with Crippen LogP contribution in [0.2, 0.25) is 5.02 Å². The van der Waals surface area contributed by atoms with E-state index in [1.807, 2.05) is 18.2 Å². The standard InChI is InChI=1S/C16H24ClNO3/c1-19-7-8-20-9-10-21-16(12-18-15-5-6-15)13-3-2-4-14(17)11-13/h2-4,11,15-16,18H,5-10,12H2,1H3. The highest BCUT2D eigenvalue weighted by Crippen LogP contribution is 2.23. The Bertz CT molecular complexity index is 412. The zero-order valence-electron chi connectivity index (χ0n) is 12.5. The molecule has 0 amide bonds. The molecule has 0 spiro atoms. The zero-order valence-corrected chi connectivity index (χ0v) is 13.3. The molecule has 1 N–H and O–H groups in total. The molecule has 1 saturated carbocycles. The second kappa shape index (κ2) is 9.38. The Morgan fingerprint density at radius 1 is 1.24 bits per heavy atom. The van der Waals surface area contributed by atoms with Crippen LogP contribution in [0, 0.1) is 0 Å². The SMILES string of the molecule is COCCOCCOC(CNC1CC1)c1cccc(Cl)c1. The third kappa shape index (κ3) is 6.76. The molecule has 1 aliphatic rings. The molecule has 1 unspecified atom stereocenters. The third-order valence-corrected chi connectivity index (χ3v) is 3.60. The van der Waals surface area contributed by atoms with Crippen molar-refractivity contribution >= 4 is 11.6 Å². The lowest BCUT2D eigenvalue weighted by atomic mass is 10.1. The van der Waals surface area contributed by atoms with Crippen molar-refractivity contribution in [1.29, 1.82) is 0 Å². The van der Waals surface area contributed by atoms with Crippen LogP contribution in [-0.2, 0) is 14.2 Å². The monoisotopic (exact) mass is 313 g/mol. The van der Waals surface area contributed by atoms with Gasteiger partial charge in [-0.05, 0) is 30.5 Å². The lowest BCUT2D eigenvalue weighted by Crippen LogP contribution is -2.26. The molecule has 1 aromatic carbocycles. The van der Waals surface area contributed by atoms with E-state index < -0.39 is 0 Å². The summed E-state index contributed by atoms with van der Waals surface area (Å²) in [7, 11) is 1.67. The fourth-order valence-corrected chi connectivity index (χ4v) is 2.23. The van der Waals surface area contributed by atoms with Gasteiger partial charge in [-0.25, -0.2) is 0 Å². The van der Waals surface area contributed by atoms with Crippen molar-refractivity contribution in [3.05, 3.63) is 34.9 Å². The van der Waals surface area contributed by atoms with Crippen molar-refractivity contribution in [3.63, 3.8) is 0 Å². The first-order chi connectivity index (χ1) is 10.3. The summed E-state index contributed by atoms with van der Waals surface area (Å²) in [5.41, 5.74) is 1.10. The minimum Gasteiger partial charge on any atom is -0.382 e. The van der Waals surface area contributed by atoms with E-state index in [0.29, 0.717) is 32.5 Å². The van der Waals surface area contributed by atoms with E-state index in [0.717, 1.165) is 17.1 Å². The predicted molar refractivity (Wildman–Crippen MR) is 83.9 cm³/mol. The molecule has 4 nitrogen and oxygen atoms in total. The van der Waals surface area contributed by atoms with Gasteiger partial charge in [-0.3, -0.25) is 0 Å². The Balaban J connectivity index is 1.77. The van der Waals surface area contributed by atoms with Crippen molar-refractivity contribution in [2.45, 2.75) is 25.0 Å². The van der Waals surface area contributed by atoms with Gasteiger partial charge in [-0.15, -0.1) is 0 Å². The second-order valence-corrected chi connectivity index (χ2v) is 5.64. The van der Waals surface area contributed by atoms with Crippen LogP contribution in [0.3, 0.4) is 0 Å². The van der Waals surface area contributed by atoms with Gasteiger partial charge in [-0.1, -0.05) is 23.7 Å². The number of nitrogens with one attached hydrogen (secondary N) is 1. The highest BCUT2D eigenvalue weighted by atomic mass is 35.5. The van der Waals surface area contributed by atoms with Crippen molar-refractivity contribution in [2.24, 2.45) is 0 Å². The van der Waals surface area contributed by atoms with Gasteiger partial charge in [0.25, 0.3) is 0 Å². The quantitative estimate of drug-likeness (QED) is 0.638. The Kier molecular flexibility index (Phi) is 7.47. The molecule has 118 valence electrons. The molecule has 0 heterocycles. The van der Waals surface area contributed by atoms with Gasteiger partial charge in [0.15, 0.2) is 0 Å². The summed E-state index contributed by atoms with van der Waals surface area (Å²) in [4.78, 5) is 0. The summed E-state index contributed by atoms with van der Waals surface area (Å²) in [5.74, 6) is 0. The molecule has 0 saturated heterocycles. The van der Waals surface area contributed by atoms with E-state index in [1.165, 1.54) is 12.8 Å². The average molecular weight is 314 g/mol. The van der Waals surface area contributed by atoms with Crippen molar-refractivity contribution in [3.8, 4) is 0 Å². The van der Waals surface area contributed by atoms with Crippen molar-refractivity contribution in [2.75, 3.05) is 40.1 Å². The van der Waals surface area contributed by atoms with Gasteiger partial charge in [0, 0.05) is 24.7 Å². The van der Waals surface area contributed by atoms with Gasteiger partial charge in [0.05, 0.1) is 32.5 Å². The highest BCUT2D eigenvalue weighted by molar-refractivity contribution is 6.30. The topological polar surface area (TPSA) is 39.7 Å². The number of hydrogen-bond donors (Lipinski definition) is 1. The summed E-state index contributed by atoms with van der Waals surface area (Å²) in [6.45, 7) is 3.16. The molecule has 1 aliphatic carbocycles. The Morgan fingerprint density at radius 2 is 2.05 bits per heavy atom. The molecule has 5 heteroatoms. The van der Waals surface area contributed by atoms with E-state index in [1.54, 1.807) is 7.11 Å². The van der Waals surface area contributed by atoms with Gasteiger partial charge in [-0.2, -0.15) is 0 Å². The Labute approximate surface area is 131 Å². The van der Waals surface area contributed by atoms with Crippen LogP contribution in [0.25, 0.3) is 0 Å². The molecular weight excluding hydrogens is 290 g/mol. The number of benzene rings is 1. The van der Waals surface area contributed by atoms with Gasteiger partial charge in [0.2, 0.25) is 0 Å². The first-order valence-corrected chi connectivity index (χ1v) is 7.84. The van der Waals surface area contributed by atoms with E-state index in [9.17, 15) is 0 Å². The molecule has 1 fully saturated rings. The molecule has 0 bridgehead atoms.